The number of halogens is 2. The molecule has 0 bridgehead atoms. The fraction of sp³-hybridized carbons (Fsp3) is 0.417. The second-order valence-corrected chi connectivity index (χ2v) is 7.23. The van der Waals surface area contributed by atoms with Crippen molar-refractivity contribution in [2.24, 2.45) is 0 Å². The molecule has 0 radical (unpaired) electrons. The third-order valence-electron chi connectivity index (χ3n) is 2.57. The maximum atomic E-state index is 13.3. The molecule has 1 N–H and O–H groups in total. The number of carbonyl (C=O) groups excluding carboxylic acids is 1. The molecule has 1 aliphatic rings. The molecule has 2 nitrogen and oxygen atoms in total. The summed E-state index contributed by atoms with van der Waals surface area (Å²) in [6.45, 7) is 0.638. The van der Waals surface area contributed by atoms with Gasteiger partial charge in [0.2, 0.25) is 0 Å². The Bertz CT molecular complexity index is 438. The van der Waals surface area contributed by atoms with Gasteiger partial charge in [-0.25, -0.2) is 4.39 Å². The first-order chi connectivity index (χ1) is 8.68. The summed E-state index contributed by atoms with van der Waals surface area (Å²) in [5, 5.41) is 3.33. The van der Waals surface area contributed by atoms with Gasteiger partial charge in [0.05, 0.1) is 10.0 Å². The van der Waals surface area contributed by atoms with Crippen LogP contribution in [0.1, 0.15) is 10.4 Å². The fourth-order valence-corrected chi connectivity index (χ4v) is 4.69. The smallest absolute Gasteiger partial charge is 0.252 e. The van der Waals surface area contributed by atoms with Crippen LogP contribution in [0.2, 0.25) is 0 Å². The highest BCUT2D eigenvalue weighted by molar-refractivity contribution is 9.10. The Morgan fingerprint density at radius 3 is 3.06 bits per heavy atom. The van der Waals surface area contributed by atoms with Crippen molar-refractivity contribution < 1.29 is 9.18 Å². The number of carbonyl (C=O) groups is 1. The van der Waals surface area contributed by atoms with Crippen molar-refractivity contribution in [2.75, 3.05) is 23.8 Å². The minimum Gasteiger partial charge on any atom is -0.351 e. The summed E-state index contributed by atoms with van der Waals surface area (Å²) in [5.74, 6) is 2.75. The van der Waals surface area contributed by atoms with E-state index in [9.17, 15) is 9.18 Å². The predicted molar refractivity (Wildman–Crippen MR) is 80.0 cm³/mol. The van der Waals surface area contributed by atoms with Crippen molar-refractivity contribution in [1.29, 1.82) is 0 Å². The quantitative estimate of drug-likeness (QED) is 0.908. The van der Waals surface area contributed by atoms with Crippen LogP contribution in [0.15, 0.2) is 22.7 Å². The summed E-state index contributed by atoms with van der Waals surface area (Å²) in [5.41, 5.74) is 0.350. The number of thioether (sulfide) groups is 2. The Labute approximate surface area is 123 Å². The van der Waals surface area contributed by atoms with Crippen molar-refractivity contribution in [1.82, 2.24) is 5.32 Å². The lowest BCUT2D eigenvalue weighted by atomic mass is 10.2. The number of hydrogen-bond donors (Lipinski definition) is 1. The van der Waals surface area contributed by atoms with E-state index in [2.05, 4.69) is 21.2 Å². The van der Waals surface area contributed by atoms with Crippen molar-refractivity contribution in [3.63, 3.8) is 0 Å². The minimum atomic E-state index is -0.412. The van der Waals surface area contributed by atoms with E-state index in [-0.39, 0.29) is 10.4 Å². The molecule has 2 rings (SSSR count). The molecule has 1 unspecified atom stereocenters. The maximum absolute atomic E-state index is 13.3. The first kappa shape index (κ1) is 14.2. The highest BCUT2D eigenvalue weighted by Gasteiger charge is 2.17. The van der Waals surface area contributed by atoms with Crippen LogP contribution in [0.25, 0.3) is 0 Å². The minimum absolute atomic E-state index is 0.224. The molecule has 0 spiro atoms. The molecule has 0 saturated carbocycles. The number of benzene rings is 1. The highest BCUT2D eigenvalue weighted by atomic mass is 79.9. The normalized spacial score (nSPS) is 19.6. The lowest BCUT2D eigenvalue weighted by molar-refractivity contribution is 0.0953. The Hall–Kier alpha value is -0.200. The first-order valence-electron chi connectivity index (χ1n) is 5.60. The third kappa shape index (κ3) is 3.65. The van der Waals surface area contributed by atoms with E-state index in [0.29, 0.717) is 17.4 Å². The van der Waals surface area contributed by atoms with Gasteiger partial charge < -0.3 is 5.32 Å². The fourth-order valence-electron chi connectivity index (χ4n) is 1.64. The Morgan fingerprint density at radius 1 is 1.50 bits per heavy atom. The summed E-state index contributed by atoms with van der Waals surface area (Å²) in [7, 11) is 0. The zero-order valence-corrected chi connectivity index (χ0v) is 12.8. The molecule has 1 saturated heterocycles. The van der Waals surface area contributed by atoms with Crippen molar-refractivity contribution in [3.8, 4) is 0 Å². The van der Waals surface area contributed by atoms with Crippen LogP contribution >= 0.6 is 39.5 Å². The van der Waals surface area contributed by atoms with Crippen molar-refractivity contribution >= 4 is 45.4 Å². The van der Waals surface area contributed by atoms with Crippen molar-refractivity contribution in [3.05, 3.63) is 34.1 Å². The summed E-state index contributed by atoms with van der Waals surface area (Å²) in [6.07, 6.45) is 0. The van der Waals surface area contributed by atoms with Gasteiger partial charge in [0.25, 0.3) is 5.91 Å². The average molecular weight is 350 g/mol. The highest BCUT2D eigenvalue weighted by Crippen LogP contribution is 2.24. The maximum Gasteiger partial charge on any atom is 0.252 e. The molecule has 18 heavy (non-hydrogen) atoms. The van der Waals surface area contributed by atoms with E-state index in [4.69, 9.17) is 0 Å². The van der Waals surface area contributed by atoms with Gasteiger partial charge in [0, 0.05) is 29.1 Å². The summed E-state index contributed by atoms with van der Waals surface area (Å²) in [4.78, 5) is 11.9. The SMILES string of the molecule is O=C(NCC1CSCCS1)c1cccc(F)c1Br. The molecule has 1 aromatic carbocycles. The van der Waals surface area contributed by atoms with Gasteiger partial charge in [-0.2, -0.15) is 23.5 Å². The van der Waals surface area contributed by atoms with Crippen LogP contribution < -0.4 is 5.32 Å². The summed E-state index contributed by atoms with van der Waals surface area (Å²) >= 11 is 6.90. The van der Waals surface area contributed by atoms with E-state index in [0.717, 1.165) is 11.5 Å². The molecule has 1 atom stereocenters. The average Bonchev–Trinajstić information content (AvgIpc) is 2.40. The zero-order chi connectivity index (χ0) is 13.0. The molecular formula is C12H13BrFNOS2. The van der Waals surface area contributed by atoms with E-state index in [1.807, 2.05) is 23.5 Å². The molecule has 1 aliphatic heterocycles. The molecule has 98 valence electrons. The van der Waals surface area contributed by atoms with Crippen LogP contribution in [0.3, 0.4) is 0 Å². The lowest BCUT2D eigenvalue weighted by Gasteiger charge is -2.21. The van der Waals surface area contributed by atoms with E-state index in [1.54, 1.807) is 12.1 Å². The van der Waals surface area contributed by atoms with Gasteiger partial charge in [0.1, 0.15) is 5.82 Å². The second-order valence-electron chi connectivity index (χ2n) is 3.88. The number of nitrogens with one attached hydrogen (secondary N) is 1. The topological polar surface area (TPSA) is 29.1 Å². The molecule has 1 amide bonds. The number of rotatable bonds is 3. The molecule has 1 fully saturated rings. The van der Waals surface area contributed by atoms with Crippen LogP contribution in [-0.4, -0.2) is 35.0 Å². The standard InChI is InChI=1S/C12H13BrFNOS2/c13-11-9(2-1-3-10(11)14)12(16)15-6-8-7-17-4-5-18-8/h1-3,8H,4-7H2,(H,15,16). The van der Waals surface area contributed by atoms with E-state index in [1.165, 1.54) is 11.8 Å². The summed E-state index contributed by atoms with van der Waals surface area (Å²) in [6, 6.07) is 4.49. The zero-order valence-electron chi connectivity index (χ0n) is 9.62. The predicted octanol–water partition coefficient (Wildman–Crippen LogP) is 3.17. The number of amides is 1. The van der Waals surface area contributed by atoms with Gasteiger partial charge in [-0.05, 0) is 28.1 Å². The molecule has 0 aromatic heterocycles. The number of hydrogen-bond acceptors (Lipinski definition) is 3. The third-order valence-corrected chi connectivity index (χ3v) is 6.22. The van der Waals surface area contributed by atoms with Gasteiger partial charge >= 0.3 is 0 Å². The monoisotopic (exact) mass is 349 g/mol. The largest absolute Gasteiger partial charge is 0.351 e. The molecule has 1 heterocycles. The molecular weight excluding hydrogens is 337 g/mol. The van der Waals surface area contributed by atoms with Crippen LogP contribution in [0, 0.1) is 5.82 Å². The molecule has 0 aliphatic carbocycles. The Balaban J connectivity index is 1.93. The van der Waals surface area contributed by atoms with E-state index >= 15 is 0 Å². The molecule has 6 heteroatoms. The van der Waals surface area contributed by atoms with Crippen LogP contribution in [0.4, 0.5) is 4.39 Å². The van der Waals surface area contributed by atoms with Gasteiger partial charge in [-0.15, -0.1) is 0 Å². The second kappa shape index (κ2) is 6.82. The van der Waals surface area contributed by atoms with Gasteiger partial charge in [0.15, 0.2) is 0 Å². The van der Waals surface area contributed by atoms with Gasteiger partial charge in [-0.3, -0.25) is 4.79 Å². The van der Waals surface area contributed by atoms with Crippen LogP contribution in [0.5, 0.6) is 0 Å². The lowest BCUT2D eigenvalue weighted by Crippen LogP contribution is -2.33. The Morgan fingerprint density at radius 2 is 2.33 bits per heavy atom. The Kier molecular flexibility index (Phi) is 5.38. The molecule has 1 aromatic rings. The van der Waals surface area contributed by atoms with Crippen LogP contribution in [-0.2, 0) is 0 Å². The first-order valence-corrected chi connectivity index (χ1v) is 8.59. The van der Waals surface area contributed by atoms with E-state index < -0.39 is 5.82 Å². The van der Waals surface area contributed by atoms with Crippen molar-refractivity contribution in [2.45, 2.75) is 5.25 Å². The summed E-state index contributed by atoms with van der Waals surface area (Å²) < 4.78 is 13.5. The van der Waals surface area contributed by atoms with Gasteiger partial charge in [-0.1, -0.05) is 6.07 Å².